The zero-order chi connectivity index (χ0) is 28.5. The van der Waals surface area contributed by atoms with E-state index in [0.717, 1.165) is 6.26 Å². The number of alkyl halides is 2. The Bertz CT molecular complexity index is 1410. The SMILES string of the molecule is [C-]#[N+]c1cc(Oc2ccc(S(C)(=O)=O)c3c2CC(F)(F)[C@H]3OC(C)(C)C)cc(B2OC(C)(C)C(C)(C)O2)c1. The second kappa shape index (κ2) is 9.02. The summed E-state index contributed by atoms with van der Waals surface area (Å²) in [6.07, 6.45) is -1.54. The van der Waals surface area contributed by atoms with Crippen molar-refractivity contribution in [1.29, 1.82) is 0 Å². The van der Waals surface area contributed by atoms with E-state index in [1.807, 2.05) is 27.7 Å². The molecule has 11 heteroatoms. The topological polar surface area (TPSA) is 75.4 Å². The number of benzene rings is 2. The van der Waals surface area contributed by atoms with Crippen molar-refractivity contribution < 1.29 is 36.0 Å². The summed E-state index contributed by atoms with van der Waals surface area (Å²) in [5.41, 5.74) is -1.43. The van der Waals surface area contributed by atoms with Crippen LogP contribution < -0.4 is 10.2 Å². The summed E-state index contributed by atoms with van der Waals surface area (Å²) >= 11 is 0. The second-order valence-corrected chi connectivity index (χ2v) is 13.8. The molecule has 0 N–H and O–H groups in total. The molecule has 0 radical (unpaired) electrons. The van der Waals surface area contributed by atoms with Crippen LogP contribution in [0.1, 0.15) is 65.7 Å². The molecule has 2 aliphatic rings. The standard InChI is InChI=1S/C27H32BF2NO6S/c1-24(2,3)35-23-22-19(15-27(23,29)30)20(10-11-21(22)38(9,32)33)34-18-13-16(12-17(14-18)31-8)28-36-25(4,5)26(6,7)37-28/h10-14,23H,15H2,1-7,9H3/t23-/m0/s1. The highest BCUT2D eigenvalue weighted by molar-refractivity contribution is 7.90. The van der Waals surface area contributed by atoms with Gasteiger partial charge in [0.25, 0.3) is 5.92 Å². The van der Waals surface area contributed by atoms with Crippen LogP contribution >= 0.6 is 0 Å². The van der Waals surface area contributed by atoms with Gasteiger partial charge in [0.05, 0.1) is 28.3 Å². The lowest BCUT2D eigenvalue weighted by Gasteiger charge is -2.32. The molecule has 204 valence electrons. The second-order valence-electron chi connectivity index (χ2n) is 11.8. The Morgan fingerprint density at radius 2 is 1.68 bits per heavy atom. The molecule has 0 unspecified atom stereocenters. The minimum atomic E-state index is -3.85. The monoisotopic (exact) mass is 547 g/mol. The summed E-state index contributed by atoms with van der Waals surface area (Å²) in [6.45, 7) is 20.1. The van der Waals surface area contributed by atoms with Gasteiger partial charge in [-0.2, -0.15) is 0 Å². The molecule has 1 fully saturated rings. The van der Waals surface area contributed by atoms with Crippen molar-refractivity contribution in [2.24, 2.45) is 0 Å². The number of fused-ring (bicyclic) bond motifs is 1. The third-order valence-electron chi connectivity index (χ3n) is 7.00. The maximum Gasteiger partial charge on any atom is 0.493 e. The summed E-state index contributed by atoms with van der Waals surface area (Å²) in [4.78, 5) is 3.29. The van der Waals surface area contributed by atoms with E-state index in [1.54, 1.807) is 32.9 Å². The van der Waals surface area contributed by atoms with Gasteiger partial charge in [0, 0.05) is 23.8 Å². The molecule has 0 saturated carbocycles. The summed E-state index contributed by atoms with van der Waals surface area (Å²) in [6, 6.07) is 7.36. The molecule has 1 atom stereocenters. The average Bonchev–Trinajstić information content (AvgIpc) is 3.14. The quantitative estimate of drug-likeness (QED) is 0.349. The highest BCUT2D eigenvalue weighted by Crippen LogP contribution is 2.52. The minimum absolute atomic E-state index is 0.0533. The van der Waals surface area contributed by atoms with E-state index in [2.05, 4.69) is 4.85 Å². The van der Waals surface area contributed by atoms with Crippen LogP contribution in [0.2, 0.25) is 0 Å². The van der Waals surface area contributed by atoms with Crippen molar-refractivity contribution in [2.75, 3.05) is 6.26 Å². The normalized spacial score (nSPS) is 21.7. The predicted molar refractivity (Wildman–Crippen MR) is 140 cm³/mol. The van der Waals surface area contributed by atoms with Gasteiger partial charge in [-0.3, -0.25) is 0 Å². The molecule has 4 rings (SSSR count). The van der Waals surface area contributed by atoms with Gasteiger partial charge in [-0.25, -0.2) is 22.0 Å². The van der Waals surface area contributed by atoms with E-state index in [0.29, 0.717) is 5.46 Å². The van der Waals surface area contributed by atoms with Crippen molar-refractivity contribution in [3.8, 4) is 11.5 Å². The van der Waals surface area contributed by atoms with Crippen molar-refractivity contribution in [1.82, 2.24) is 0 Å². The first kappa shape index (κ1) is 28.5. The van der Waals surface area contributed by atoms with Gasteiger partial charge in [0.1, 0.15) is 17.6 Å². The summed E-state index contributed by atoms with van der Waals surface area (Å²) in [5, 5.41) is 0. The Morgan fingerprint density at radius 3 is 2.21 bits per heavy atom. The molecule has 0 aromatic heterocycles. The number of nitrogens with zero attached hydrogens (tertiary/aromatic N) is 1. The van der Waals surface area contributed by atoms with Gasteiger partial charge in [0.15, 0.2) is 15.5 Å². The van der Waals surface area contributed by atoms with Gasteiger partial charge < -0.3 is 18.8 Å². The molecular formula is C27H32BF2NO6S. The Kier molecular flexibility index (Phi) is 6.76. The Hall–Kier alpha value is -2.52. The van der Waals surface area contributed by atoms with E-state index < -0.39 is 52.2 Å². The molecule has 38 heavy (non-hydrogen) atoms. The van der Waals surface area contributed by atoms with Crippen LogP contribution in [0.4, 0.5) is 14.5 Å². The summed E-state index contributed by atoms with van der Waals surface area (Å²) < 4.78 is 79.7. The molecule has 0 spiro atoms. The molecule has 0 amide bonds. The molecule has 1 heterocycles. The van der Waals surface area contributed by atoms with Gasteiger partial charge in [-0.15, -0.1) is 0 Å². The largest absolute Gasteiger partial charge is 0.493 e. The zero-order valence-corrected chi connectivity index (χ0v) is 23.6. The van der Waals surface area contributed by atoms with E-state index in [4.69, 9.17) is 25.4 Å². The predicted octanol–water partition coefficient (Wildman–Crippen LogP) is 5.78. The van der Waals surface area contributed by atoms with Crippen LogP contribution in [0.5, 0.6) is 11.5 Å². The van der Waals surface area contributed by atoms with Crippen LogP contribution in [-0.2, 0) is 30.3 Å². The number of sulfone groups is 1. The molecular weight excluding hydrogens is 515 g/mol. The Balaban J connectivity index is 1.80. The first-order valence-electron chi connectivity index (χ1n) is 12.2. The fraction of sp³-hybridized carbons (Fsp3) is 0.519. The average molecular weight is 547 g/mol. The lowest BCUT2D eigenvalue weighted by atomic mass is 9.79. The van der Waals surface area contributed by atoms with E-state index in [9.17, 15) is 8.42 Å². The van der Waals surface area contributed by atoms with Crippen molar-refractivity contribution >= 4 is 28.1 Å². The third-order valence-corrected chi connectivity index (χ3v) is 8.15. The number of hydrogen-bond donors (Lipinski definition) is 0. The minimum Gasteiger partial charge on any atom is -0.458 e. The lowest BCUT2D eigenvalue weighted by Crippen LogP contribution is -2.41. The van der Waals surface area contributed by atoms with E-state index in [-0.39, 0.29) is 33.2 Å². The van der Waals surface area contributed by atoms with E-state index in [1.165, 1.54) is 18.2 Å². The molecule has 1 aliphatic carbocycles. The molecule has 0 bridgehead atoms. The van der Waals surface area contributed by atoms with Crippen LogP contribution in [0.25, 0.3) is 4.85 Å². The highest BCUT2D eigenvalue weighted by Gasteiger charge is 2.54. The fourth-order valence-corrected chi connectivity index (χ4v) is 5.47. The van der Waals surface area contributed by atoms with Crippen LogP contribution in [0.15, 0.2) is 35.2 Å². The summed E-state index contributed by atoms with van der Waals surface area (Å²) in [5.74, 6) is -3.09. The van der Waals surface area contributed by atoms with Crippen molar-refractivity contribution in [3.05, 3.63) is 52.9 Å². The number of hydrogen-bond acceptors (Lipinski definition) is 6. The number of rotatable bonds is 5. The van der Waals surface area contributed by atoms with Gasteiger partial charge in [0.2, 0.25) is 0 Å². The zero-order valence-electron chi connectivity index (χ0n) is 22.8. The molecule has 7 nitrogen and oxygen atoms in total. The van der Waals surface area contributed by atoms with Crippen molar-refractivity contribution in [3.63, 3.8) is 0 Å². The van der Waals surface area contributed by atoms with Gasteiger partial charge in [-0.1, -0.05) is 6.07 Å². The lowest BCUT2D eigenvalue weighted by molar-refractivity contribution is -0.174. The third kappa shape index (κ3) is 5.32. The summed E-state index contributed by atoms with van der Waals surface area (Å²) in [7, 11) is -4.62. The van der Waals surface area contributed by atoms with Crippen molar-refractivity contribution in [2.45, 2.75) is 88.6 Å². The Labute approximate surface area is 223 Å². The highest BCUT2D eigenvalue weighted by atomic mass is 32.2. The van der Waals surface area contributed by atoms with Crippen LogP contribution in [0, 0.1) is 6.57 Å². The fourth-order valence-electron chi connectivity index (χ4n) is 4.52. The molecule has 1 saturated heterocycles. The maximum atomic E-state index is 15.3. The molecule has 2 aromatic carbocycles. The smallest absolute Gasteiger partial charge is 0.458 e. The number of halogens is 2. The Morgan fingerprint density at radius 1 is 1.08 bits per heavy atom. The van der Waals surface area contributed by atoms with Crippen LogP contribution in [-0.4, -0.2) is 44.5 Å². The van der Waals surface area contributed by atoms with Crippen LogP contribution in [0.3, 0.4) is 0 Å². The van der Waals surface area contributed by atoms with Gasteiger partial charge in [-0.05, 0) is 78.2 Å². The van der Waals surface area contributed by atoms with Gasteiger partial charge >= 0.3 is 7.12 Å². The first-order chi connectivity index (χ1) is 17.2. The maximum absolute atomic E-state index is 15.3. The number of ether oxygens (including phenoxy) is 2. The van der Waals surface area contributed by atoms with E-state index >= 15 is 8.78 Å². The first-order valence-corrected chi connectivity index (χ1v) is 14.1. The molecule has 2 aromatic rings. The molecule has 1 aliphatic heterocycles.